The van der Waals surface area contributed by atoms with Gasteiger partial charge in [-0.1, -0.05) is 37.6 Å². The first-order valence-corrected chi connectivity index (χ1v) is 12.4. The van der Waals surface area contributed by atoms with E-state index in [4.69, 9.17) is 9.47 Å². The smallest absolute Gasteiger partial charge is 0.317 e. The van der Waals surface area contributed by atoms with Crippen LogP contribution >= 0.6 is 0 Å². The summed E-state index contributed by atoms with van der Waals surface area (Å²) in [5.74, 6) is 1.60. The van der Waals surface area contributed by atoms with E-state index in [0.29, 0.717) is 19.6 Å². The number of amides is 2. The van der Waals surface area contributed by atoms with Crippen molar-refractivity contribution in [3.8, 4) is 11.5 Å². The Kier molecular flexibility index (Phi) is 10.0. The Hall–Kier alpha value is -3.48. The number of carbonyl (C=O) groups is 1. The molecule has 0 bridgehead atoms. The van der Waals surface area contributed by atoms with Crippen LogP contribution in [0.1, 0.15) is 45.1 Å². The number of nitrogens with one attached hydrogen (secondary N) is 2. The van der Waals surface area contributed by atoms with Crippen molar-refractivity contribution in [3.63, 3.8) is 0 Å². The largest absolute Gasteiger partial charge is 0.497 e. The third kappa shape index (κ3) is 7.50. The maximum absolute atomic E-state index is 12.9. The molecule has 1 atom stereocenters. The van der Waals surface area contributed by atoms with Crippen LogP contribution in [-0.4, -0.2) is 49.3 Å². The molecular weight excluding hydrogens is 440 g/mol. The van der Waals surface area contributed by atoms with Crippen LogP contribution in [0.2, 0.25) is 0 Å². The van der Waals surface area contributed by atoms with Gasteiger partial charge >= 0.3 is 6.03 Å². The number of hydrogen-bond donors (Lipinski definition) is 2. The Morgan fingerprint density at radius 3 is 2.69 bits per heavy atom. The standard InChI is InChI=1S/C28H38N4O3/c1-5-6-15-30-28(33)32(20-23-12-7-8-14-26(23)35-4)17-10-11-21(2)31-25-19-24(34-3)18-22-13-9-16-29-27(22)25/h7-9,12-14,16,18-19,21,31H,5-6,10-11,15,17,20H2,1-4H3,(H,30,33). The lowest BCUT2D eigenvalue weighted by atomic mass is 10.1. The molecule has 1 aromatic heterocycles. The summed E-state index contributed by atoms with van der Waals surface area (Å²) in [7, 11) is 3.33. The van der Waals surface area contributed by atoms with E-state index in [9.17, 15) is 4.79 Å². The third-order valence-corrected chi connectivity index (χ3v) is 6.03. The van der Waals surface area contributed by atoms with E-state index < -0.39 is 0 Å². The fraction of sp³-hybridized carbons (Fsp3) is 0.429. The zero-order valence-corrected chi connectivity index (χ0v) is 21.3. The van der Waals surface area contributed by atoms with E-state index in [1.54, 1.807) is 20.4 Å². The number of urea groups is 1. The van der Waals surface area contributed by atoms with Crippen LogP contribution in [0.5, 0.6) is 11.5 Å². The minimum atomic E-state index is -0.0343. The Morgan fingerprint density at radius 1 is 1.09 bits per heavy atom. The number of methoxy groups -OCH3 is 2. The summed E-state index contributed by atoms with van der Waals surface area (Å²) in [6.07, 6.45) is 5.58. The summed E-state index contributed by atoms with van der Waals surface area (Å²) in [4.78, 5) is 19.4. The highest BCUT2D eigenvalue weighted by molar-refractivity contribution is 5.91. The van der Waals surface area contributed by atoms with Gasteiger partial charge in [-0.15, -0.1) is 0 Å². The summed E-state index contributed by atoms with van der Waals surface area (Å²) < 4.78 is 11.0. The van der Waals surface area contributed by atoms with Crippen molar-refractivity contribution >= 4 is 22.6 Å². The lowest BCUT2D eigenvalue weighted by molar-refractivity contribution is 0.193. The molecule has 3 aromatic rings. The number of fused-ring (bicyclic) bond motifs is 1. The van der Waals surface area contributed by atoms with Crippen LogP contribution in [0.4, 0.5) is 10.5 Å². The molecular formula is C28H38N4O3. The van der Waals surface area contributed by atoms with Gasteiger partial charge in [0.15, 0.2) is 0 Å². The second kappa shape index (κ2) is 13.4. The summed E-state index contributed by atoms with van der Waals surface area (Å²) in [6, 6.07) is 16.0. The van der Waals surface area contributed by atoms with E-state index >= 15 is 0 Å². The Morgan fingerprint density at radius 2 is 1.91 bits per heavy atom. The predicted octanol–water partition coefficient (Wildman–Crippen LogP) is 5.84. The first-order valence-electron chi connectivity index (χ1n) is 12.4. The first kappa shape index (κ1) is 26.1. The molecule has 2 N–H and O–H groups in total. The SMILES string of the molecule is CCCCNC(=O)N(CCCC(C)Nc1cc(OC)cc2cccnc12)Cc1ccccc1OC. The number of hydrogen-bond acceptors (Lipinski definition) is 5. The molecule has 188 valence electrons. The normalized spacial score (nSPS) is 11.7. The average molecular weight is 479 g/mol. The van der Waals surface area contributed by atoms with E-state index in [1.165, 1.54) is 0 Å². The average Bonchev–Trinajstić information content (AvgIpc) is 2.88. The van der Waals surface area contributed by atoms with Crippen LogP contribution in [0.15, 0.2) is 54.7 Å². The zero-order chi connectivity index (χ0) is 25.0. The van der Waals surface area contributed by atoms with Gasteiger partial charge in [-0.2, -0.15) is 0 Å². The number of ether oxygens (including phenoxy) is 2. The van der Waals surface area contributed by atoms with Gasteiger partial charge in [-0.05, 0) is 44.4 Å². The molecule has 2 aromatic carbocycles. The van der Waals surface area contributed by atoms with Gasteiger partial charge in [0.05, 0.1) is 32.0 Å². The van der Waals surface area contributed by atoms with Crippen LogP contribution in [0.3, 0.4) is 0 Å². The van der Waals surface area contributed by atoms with Crippen LogP contribution in [-0.2, 0) is 6.54 Å². The quantitative estimate of drug-likeness (QED) is 0.302. The number of pyridine rings is 1. The topological polar surface area (TPSA) is 75.7 Å². The number of para-hydroxylation sites is 1. The van der Waals surface area contributed by atoms with E-state index in [-0.39, 0.29) is 12.1 Å². The monoisotopic (exact) mass is 478 g/mol. The van der Waals surface area contributed by atoms with Crippen molar-refractivity contribution in [1.29, 1.82) is 0 Å². The number of aromatic nitrogens is 1. The maximum Gasteiger partial charge on any atom is 0.317 e. The van der Waals surface area contributed by atoms with Crippen molar-refractivity contribution in [2.45, 2.75) is 52.1 Å². The molecule has 35 heavy (non-hydrogen) atoms. The van der Waals surface area contributed by atoms with Gasteiger partial charge in [-0.3, -0.25) is 4.98 Å². The summed E-state index contributed by atoms with van der Waals surface area (Å²) in [5, 5.41) is 7.69. The molecule has 0 saturated carbocycles. The number of anilines is 1. The highest BCUT2D eigenvalue weighted by Crippen LogP contribution is 2.28. The predicted molar refractivity (Wildman–Crippen MR) is 142 cm³/mol. The molecule has 0 radical (unpaired) electrons. The second-order valence-electron chi connectivity index (χ2n) is 8.76. The van der Waals surface area contributed by atoms with Gasteiger partial charge in [0, 0.05) is 42.3 Å². The molecule has 7 heteroatoms. The number of unbranched alkanes of at least 4 members (excludes halogenated alkanes) is 1. The van der Waals surface area contributed by atoms with Gasteiger partial charge in [0.1, 0.15) is 11.5 Å². The van der Waals surface area contributed by atoms with Gasteiger partial charge in [0.25, 0.3) is 0 Å². The summed E-state index contributed by atoms with van der Waals surface area (Å²) in [5.41, 5.74) is 2.88. The van der Waals surface area contributed by atoms with Crippen LogP contribution < -0.4 is 20.1 Å². The van der Waals surface area contributed by atoms with Crippen molar-refractivity contribution in [3.05, 3.63) is 60.3 Å². The minimum Gasteiger partial charge on any atom is -0.497 e. The summed E-state index contributed by atoms with van der Waals surface area (Å²) in [6.45, 7) is 6.12. The van der Waals surface area contributed by atoms with Gasteiger partial charge in [0.2, 0.25) is 0 Å². The highest BCUT2D eigenvalue weighted by Gasteiger charge is 2.16. The zero-order valence-electron chi connectivity index (χ0n) is 21.3. The number of rotatable bonds is 13. The number of carbonyl (C=O) groups excluding carboxylic acids is 1. The minimum absolute atomic E-state index is 0.0343. The molecule has 0 spiro atoms. The molecule has 0 aliphatic heterocycles. The first-order chi connectivity index (χ1) is 17.0. The Labute approximate surface area is 208 Å². The van der Waals surface area contributed by atoms with Crippen molar-refractivity contribution in [2.24, 2.45) is 0 Å². The lowest BCUT2D eigenvalue weighted by Gasteiger charge is -2.25. The van der Waals surface area contributed by atoms with Crippen molar-refractivity contribution in [1.82, 2.24) is 15.2 Å². The van der Waals surface area contributed by atoms with Crippen molar-refractivity contribution in [2.75, 3.05) is 32.6 Å². The molecule has 7 nitrogen and oxygen atoms in total. The Bertz CT molecular complexity index is 1090. The van der Waals surface area contributed by atoms with Crippen LogP contribution in [0, 0.1) is 0 Å². The Balaban J connectivity index is 1.64. The van der Waals surface area contributed by atoms with Gasteiger partial charge in [-0.25, -0.2) is 4.79 Å². The number of benzene rings is 2. The third-order valence-electron chi connectivity index (χ3n) is 6.03. The summed E-state index contributed by atoms with van der Waals surface area (Å²) >= 11 is 0. The van der Waals surface area contributed by atoms with Crippen molar-refractivity contribution < 1.29 is 14.3 Å². The molecule has 2 amide bonds. The van der Waals surface area contributed by atoms with Crippen LogP contribution in [0.25, 0.3) is 10.9 Å². The molecule has 1 unspecified atom stereocenters. The fourth-order valence-corrected chi connectivity index (χ4v) is 4.09. The lowest BCUT2D eigenvalue weighted by Crippen LogP contribution is -2.40. The number of nitrogens with zero attached hydrogens (tertiary/aromatic N) is 2. The molecule has 0 aliphatic rings. The van der Waals surface area contributed by atoms with E-state index in [1.807, 2.05) is 53.4 Å². The molecule has 0 saturated heterocycles. The molecule has 1 heterocycles. The van der Waals surface area contributed by atoms with Gasteiger partial charge < -0.3 is 25.0 Å². The fourth-order valence-electron chi connectivity index (χ4n) is 4.09. The van der Waals surface area contributed by atoms with E-state index in [2.05, 4.69) is 29.5 Å². The molecule has 0 aliphatic carbocycles. The second-order valence-corrected chi connectivity index (χ2v) is 8.76. The molecule has 0 fully saturated rings. The van der Waals surface area contributed by atoms with E-state index in [0.717, 1.165) is 59.3 Å². The molecule has 3 rings (SSSR count). The highest BCUT2D eigenvalue weighted by atomic mass is 16.5. The maximum atomic E-state index is 12.9.